The van der Waals surface area contributed by atoms with E-state index in [9.17, 15) is 9.59 Å². The predicted octanol–water partition coefficient (Wildman–Crippen LogP) is 1.58. The van der Waals surface area contributed by atoms with Crippen molar-refractivity contribution in [1.82, 2.24) is 5.32 Å². The summed E-state index contributed by atoms with van der Waals surface area (Å²) < 4.78 is 0. The molecular weight excluding hydrogens is 218 g/mol. The highest BCUT2D eigenvalue weighted by Gasteiger charge is 2.48. The first-order valence-corrected chi connectivity index (χ1v) is 5.67. The van der Waals surface area contributed by atoms with Gasteiger partial charge in [-0.15, -0.1) is 0 Å². The molecule has 1 aliphatic rings. The maximum absolute atomic E-state index is 11.7. The van der Waals surface area contributed by atoms with Crippen molar-refractivity contribution in [1.29, 1.82) is 0 Å². The molecule has 0 aromatic heterocycles. The molecule has 3 atom stereocenters. The van der Waals surface area contributed by atoms with Gasteiger partial charge in [-0.05, 0) is 18.9 Å². The zero-order valence-electron chi connectivity index (χ0n) is 9.59. The standard InChI is InChI=1S/C13H15NO3/c1-8(9-5-3-2-4-6-9)14-12(15)10-7-11(10)13(16)17/h2-6,8,10-11H,7H2,1H3,(H,14,15)(H,16,17)/t8-,10+,11-/m0/s1. The zero-order valence-corrected chi connectivity index (χ0v) is 9.59. The van der Waals surface area contributed by atoms with Crippen LogP contribution >= 0.6 is 0 Å². The molecular formula is C13H15NO3. The highest BCUT2D eigenvalue weighted by Crippen LogP contribution is 2.39. The highest BCUT2D eigenvalue weighted by atomic mass is 16.4. The molecule has 0 radical (unpaired) electrons. The molecule has 90 valence electrons. The number of aliphatic carboxylic acids is 1. The Labute approximate surface area is 99.6 Å². The fourth-order valence-electron chi connectivity index (χ4n) is 1.90. The first-order chi connectivity index (χ1) is 8.09. The van der Waals surface area contributed by atoms with Gasteiger partial charge in [0.25, 0.3) is 0 Å². The monoisotopic (exact) mass is 233 g/mol. The number of amides is 1. The highest BCUT2D eigenvalue weighted by molar-refractivity contribution is 5.89. The molecule has 1 aliphatic carbocycles. The quantitative estimate of drug-likeness (QED) is 0.829. The minimum atomic E-state index is -0.877. The van der Waals surface area contributed by atoms with Gasteiger partial charge in [0, 0.05) is 0 Å². The van der Waals surface area contributed by atoms with E-state index in [0.717, 1.165) is 5.56 Å². The summed E-state index contributed by atoms with van der Waals surface area (Å²) in [6, 6.07) is 9.53. The van der Waals surface area contributed by atoms with E-state index in [1.54, 1.807) is 0 Å². The summed E-state index contributed by atoms with van der Waals surface area (Å²) in [5, 5.41) is 11.6. The number of carboxylic acids is 1. The fourth-order valence-corrected chi connectivity index (χ4v) is 1.90. The fraction of sp³-hybridized carbons (Fsp3) is 0.385. The smallest absolute Gasteiger partial charge is 0.307 e. The third kappa shape index (κ3) is 2.64. The second kappa shape index (κ2) is 4.57. The molecule has 0 heterocycles. The zero-order chi connectivity index (χ0) is 12.4. The van der Waals surface area contributed by atoms with Gasteiger partial charge in [0.2, 0.25) is 5.91 Å². The predicted molar refractivity (Wildman–Crippen MR) is 62.2 cm³/mol. The van der Waals surface area contributed by atoms with Gasteiger partial charge in [-0.1, -0.05) is 30.3 Å². The largest absolute Gasteiger partial charge is 0.481 e. The molecule has 0 aliphatic heterocycles. The van der Waals surface area contributed by atoms with Gasteiger partial charge in [0.15, 0.2) is 0 Å². The van der Waals surface area contributed by atoms with Crippen molar-refractivity contribution in [3.8, 4) is 0 Å². The van der Waals surface area contributed by atoms with Crippen molar-refractivity contribution in [2.45, 2.75) is 19.4 Å². The molecule has 17 heavy (non-hydrogen) atoms. The summed E-state index contributed by atoms with van der Waals surface area (Å²) in [6.07, 6.45) is 0.461. The molecule has 0 unspecified atom stereocenters. The molecule has 4 nitrogen and oxygen atoms in total. The summed E-state index contributed by atoms with van der Waals surface area (Å²) in [6.45, 7) is 1.89. The minimum absolute atomic E-state index is 0.0845. The summed E-state index contributed by atoms with van der Waals surface area (Å²) in [4.78, 5) is 22.4. The van der Waals surface area contributed by atoms with Gasteiger partial charge in [0.05, 0.1) is 17.9 Å². The Morgan fingerprint density at radius 2 is 1.94 bits per heavy atom. The van der Waals surface area contributed by atoms with Crippen molar-refractivity contribution in [3.63, 3.8) is 0 Å². The lowest BCUT2D eigenvalue weighted by atomic mass is 10.1. The summed E-state index contributed by atoms with van der Waals surface area (Å²) in [5.41, 5.74) is 1.02. The summed E-state index contributed by atoms with van der Waals surface area (Å²) in [7, 11) is 0. The molecule has 2 N–H and O–H groups in total. The van der Waals surface area contributed by atoms with Crippen LogP contribution in [0.1, 0.15) is 24.9 Å². The molecule has 0 spiro atoms. The second-order valence-electron chi connectivity index (χ2n) is 4.43. The van der Waals surface area contributed by atoms with Crippen LogP contribution in [0.15, 0.2) is 30.3 Å². The van der Waals surface area contributed by atoms with E-state index in [2.05, 4.69) is 5.32 Å². The Bertz CT molecular complexity index is 430. The van der Waals surface area contributed by atoms with Crippen LogP contribution in [0.5, 0.6) is 0 Å². The van der Waals surface area contributed by atoms with Gasteiger partial charge in [0.1, 0.15) is 0 Å². The Balaban J connectivity index is 1.90. The molecule has 4 heteroatoms. The Kier molecular flexibility index (Phi) is 3.13. The first kappa shape index (κ1) is 11.6. The van der Waals surface area contributed by atoms with Gasteiger partial charge in [-0.2, -0.15) is 0 Å². The van der Waals surface area contributed by atoms with Crippen LogP contribution in [-0.4, -0.2) is 17.0 Å². The van der Waals surface area contributed by atoms with E-state index >= 15 is 0 Å². The van der Waals surface area contributed by atoms with Crippen LogP contribution in [0, 0.1) is 11.8 Å². The van der Waals surface area contributed by atoms with Crippen molar-refractivity contribution in [2.75, 3.05) is 0 Å². The molecule has 1 aromatic carbocycles. The Morgan fingerprint density at radius 1 is 1.29 bits per heavy atom. The average Bonchev–Trinajstić information content (AvgIpc) is 3.10. The summed E-state index contributed by atoms with van der Waals surface area (Å²) in [5.74, 6) is -1.87. The second-order valence-corrected chi connectivity index (χ2v) is 4.43. The maximum atomic E-state index is 11.7. The Hall–Kier alpha value is -1.84. The topological polar surface area (TPSA) is 66.4 Å². The lowest BCUT2D eigenvalue weighted by molar-refractivity contribution is -0.140. The number of hydrogen-bond acceptors (Lipinski definition) is 2. The molecule has 1 fully saturated rings. The van der Waals surface area contributed by atoms with Crippen LogP contribution < -0.4 is 5.32 Å². The third-order valence-electron chi connectivity index (χ3n) is 3.10. The van der Waals surface area contributed by atoms with Gasteiger partial charge >= 0.3 is 5.97 Å². The van der Waals surface area contributed by atoms with Gasteiger partial charge in [-0.25, -0.2) is 0 Å². The van der Waals surface area contributed by atoms with E-state index in [1.165, 1.54) is 0 Å². The van der Waals surface area contributed by atoms with Crippen LogP contribution in [0.25, 0.3) is 0 Å². The van der Waals surface area contributed by atoms with Crippen LogP contribution in [0.2, 0.25) is 0 Å². The van der Waals surface area contributed by atoms with Crippen molar-refractivity contribution in [2.24, 2.45) is 11.8 Å². The maximum Gasteiger partial charge on any atom is 0.307 e. The molecule has 1 amide bonds. The van der Waals surface area contributed by atoms with Crippen LogP contribution in [-0.2, 0) is 9.59 Å². The first-order valence-electron chi connectivity index (χ1n) is 5.67. The SMILES string of the molecule is C[C@H](NC(=O)[C@@H]1C[C@@H]1C(=O)O)c1ccccc1. The number of carboxylic acid groups (broad SMARTS) is 1. The van der Waals surface area contributed by atoms with Crippen LogP contribution in [0.4, 0.5) is 0 Å². The molecule has 1 saturated carbocycles. The molecule has 0 bridgehead atoms. The molecule has 0 saturated heterocycles. The number of rotatable bonds is 4. The summed E-state index contributed by atoms with van der Waals surface area (Å²) >= 11 is 0. The number of carbonyl (C=O) groups excluding carboxylic acids is 1. The molecule has 1 aromatic rings. The lowest BCUT2D eigenvalue weighted by Gasteiger charge is -2.13. The third-order valence-corrected chi connectivity index (χ3v) is 3.10. The van der Waals surface area contributed by atoms with Gasteiger partial charge < -0.3 is 10.4 Å². The number of carbonyl (C=O) groups is 2. The molecule has 2 rings (SSSR count). The minimum Gasteiger partial charge on any atom is -0.481 e. The van der Waals surface area contributed by atoms with E-state index in [1.807, 2.05) is 37.3 Å². The van der Waals surface area contributed by atoms with Gasteiger partial charge in [-0.3, -0.25) is 9.59 Å². The van der Waals surface area contributed by atoms with E-state index < -0.39 is 11.9 Å². The number of benzene rings is 1. The number of nitrogens with one attached hydrogen (secondary N) is 1. The van der Waals surface area contributed by atoms with Crippen molar-refractivity contribution < 1.29 is 14.7 Å². The van der Waals surface area contributed by atoms with E-state index in [-0.39, 0.29) is 17.9 Å². The van der Waals surface area contributed by atoms with Crippen LogP contribution in [0.3, 0.4) is 0 Å². The normalized spacial score (nSPS) is 23.8. The lowest BCUT2D eigenvalue weighted by Crippen LogP contribution is -2.29. The van der Waals surface area contributed by atoms with Crippen molar-refractivity contribution >= 4 is 11.9 Å². The van der Waals surface area contributed by atoms with E-state index in [0.29, 0.717) is 6.42 Å². The average molecular weight is 233 g/mol. The number of hydrogen-bond donors (Lipinski definition) is 2. The van der Waals surface area contributed by atoms with E-state index in [4.69, 9.17) is 5.11 Å². The van der Waals surface area contributed by atoms with Crippen molar-refractivity contribution in [3.05, 3.63) is 35.9 Å². The Morgan fingerprint density at radius 3 is 2.47 bits per heavy atom.